The minimum Gasteiger partial charge on any atom is -0.480 e. The first-order valence-electron chi connectivity index (χ1n) is 5.27. The molecule has 0 saturated heterocycles. The maximum absolute atomic E-state index is 11.5. The first-order valence-corrected chi connectivity index (χ1v) is 6.04. The Labute approximate surface area is 112 Å². The van der Waals surface area contributed by atoms with E-state index in [0.717, 1.165) is 11.5 Å². The number of carbonyl (C=O) groups is 3. The number of carboxylic acid groups (broad SMARTS) is 1. The maximum Gasteiger partial charge on any atom is 0.326 e. The van der Waals surface area contributed by atoms with Crippen LogP contribution in [-0.2, 0) is 9.59 Å². The third-order valence-electron chi connectivity index (χ3n) is 2.03. The van der Waals surface area contributed by atoms with Crippen LogP contribution in [0.1, 0.15) is 18.7 Å². The molecule has 10 heteroatoms. The van der Waals surface area contributed by atoms with Crippen LogP contribution in [0.4, 0.5) is 9.93 Å². The van der Waals surface area contributed by atoms with E-state index in [2.05, 4.69) is 20.0 Å². The molecule has 0 bridgehead atoms. The van der Waals surface area contributed by atoms with Crippen molar-refractivity contribution in [3.05, 3.63) is 5.82 Å². The van der Waals surface area contributed by atoms with Crippen LogP contribution in [0.25, 0.3) is 0 Å². The van der Waals surface area contributed by atoms with Gasteiger partial charge >= 0.3 is 12.0 Å². The van der Waals surface area contributed by atoms with E-state index in [1.54, 1.807) is 6.92 Å². The number of hydrogen-bond donors (Lipinski definition) is 4. The van der Waals surface area contributed by atoms with E-state index in [-0.39, 0.29) is 18.0 Å². The van der Waals surface area contributed by atoms with Crippen LogP contribution in [0.3, 0.4) is 0 Å². The number of amides is 3. The molecule has 0 fully saturated rings. The minimum absolute atomic E-state index is 0.0762. The average molecular weight is 287 g/mol. The van der Waals surface area contributed by atoms with Crippen molar-refractivity contribution < 1.29 is 19.5 Å². The summed E-state index contributed by atoms with van der Waals surface area (Å²) in [5.74, 6) is -1.37. The van der Waals surface area contributed by atoms with Crippen LogP contribution in [0.2, 0.25) is 0 Å². The van der Waals surface area contributed by atoms with Gasteiger partial charge in [-0.3, -0.25) is 10.1 Å². The molecule has 9 nitrogen and oxygen atoms in total. The van der Waals surface area contributed by atoms with Crippen molar-refractivity contribution in [1.29, 1.82) is 0 Å². The molecule has 1 aromatic rings. The predicted molar refractivity (Wildman–Crippen MR) is 66.7 cm³/mol. The minimum atomic E-state index is -1.25. The molecule has 1 atom stereocenters. The monoisotopic (exact) mass is 287 g/mol. The fraction of sp³-hybridized carbons (Fsp3) is 0.444. The van der Waals surface area contributed by atoms with Gasteiger partial charge in [-0.05, 0) is 13.3 Å². The number of aryl methyl sites for hydroxylation is 1. The smallest absolute Gasteiger partial charge is 0.326 e. The molecule has 0 aliphatic heterocycles. The molecule has 1 rings (SSSR count). The highest BCUT2D eigenvalue weighted by molar-refractivity contribution is 7.09. The standard InChI is InChI=1S/C9H13N5O4S/c1-4-11-9(19-14-4)13-8(18)12-5(7(16)17)2-3-6(10)15/h5H,2-3H2,1H3,(H2,10,15)(H,16,17)(H2,11,12,13,14,18)/t5-/m0/s1. The lowest BCUT2D eigenvalue weighted by Gasteiger charge is -2.13. The molecule has 3 amide bonds. The van der Waals surface area contributed by atoms with Crippen molar-refractivity contribution in [2.75, 3.05) is 5.32 Å². The number of nitrogens with two attached hydrogens (primary N) is 1. The summed E-state index contributed by atoms with van der Waals surface area (Å²) in [5, 5.41) is 13.7. The highest BCUT2D eigenvalue weighted by atomic mass is 32.1. The quantitative estimate of drug-likeness (QED) is 0.564. The summed E-state index contributed by atoms with van der Waals surface area (Å²) >= 11 is 0.977. The number of aromatic nitrogens is 2. The third kappa shape index (κ3) is 5.29. The Kier molecular flexibility index (Phi) is 5.18. The molecule has 0 saturated carbocycles. The Hall–Kier alpha value is -2.23. The number of hydrogen-bond acceptors (Lipinski definition) is 6. The lowest BCUT2D eigenvalue weighted by molar-refractivity contribution is -0.139. The van der Waals surface area contributed by atoms with Gasteiger partial charge in [-0.2, -0.15) is 4.37 Å². The maximum atomic E-state index is 11.5. The molecule has 19 heavy (non-hydrogen) atoms. The van der Waals surface area contributed by atoms with Crippen LogP contribution in [-0.4, -0.2) is 38.4 Å². The molecule has 0 spiro atoms. The molecule has 1 aromatic heterocycles. The van der Waals surface area contributed by atoms with Gasteiger partial charge in [0.1, 0.15) is 11.9 Å². The fourth-order valence-corrected chi connectivity index (χ4v) is 1.75. The van der Waals surface area contributed by atoms with E-state index in [1.807, 2.05) is 0 Å². The van der Waals surface area contributed by atoms with Crippen molar-refractivity contribution in [2.45, 2.75) is 25.8 Å². The zero-order chi connectivity index (χ0) is 14.4. The number of aliphatic carboxylic acids is 1. The Bertz CT molecular complexity index is 489. The molecule has 0 aromatic carbocycles. The number of urea groups is 1. The Morgan fingerprint density at radius 3 is 2.63 bits per heavy atom. The van der Waals surface area contributed by atoms with Gasteiger partial charge in [-0.25, -0.2) is 14.6 Å². The number of nitrogens with one attached hydrogen (secondary N) is 2. The summed E-state index contributed by atoms with van der Waals surface area (Å²) < 4.78 is 3.85. The van der Waals surface area contributed by atoms with Gasteiger partial charge in [0.15, 0.2) is 0 Å². The zero-order valence-corrected chi connectivity index (χ0v) is 10.9. The van der Waals surface area contributed by atoms with E-state index in [4.69, 9.17) is 10.8 Å². The summed E-state index contributed by atoms with van der Waals surface area (Å²) in [7, 11) is 0. The second-order valence-electron chi connectivity index (χ2n) is 3.64. The van der Waals surface area contributed by atoms with Gasteiger partial charge < -0.3 is 16.2 Å². The summed E-state index contributed by atoms with van der Waals surface area (Å²) in [6, 6.07) is -1.92. The largest absolute Gasteiger partial charge is 0.480 e. The second kappa shape index (κ2) is 6.64. The molecule has 0 radical (unpaired) electrons. The van der Waals surface area contributed by atoms with Gasteiger partial charge in [0.2, 0.25) is 11.0 Å². The van der Waals surface area contributed by atoms with Gasteiger partial charge in [0.25, 0.3) is 0 Å². The van der Waals surface area contributed by atoms with Gasteiger partial charge in [-0.1, -0.05) is 0 Å². The first-order chi connectivity index (χ1) is 8.88. The second-order valence-corrected chi connectivity index (χ2v) is 4.39. The van der Waals surface area contributed by atoms with Gasteiger partial charge in [0, 0.05) is 18.0 Å². The topological polar surface area (TPSA) is 147 Å². The lowest BCUT2D eigenvalue weighted by atomic mass is 10.1. The number of rotatable bonds is 6. The highest BCUT2D eigenvalue weighted by Gasteiger charge is 2.20. The first kappa shape index (κ1) is 14.8. The molecular weight excluding hydrogens is 274 g/mol. The van der Waals surface area contributed by atoms with E-state index in [0.29, 0.717) is 5.82 Å². The van der Waals surface area contributed by atoms with Crippen LogP contribution < -0.4 is 16.4 Å². The normalized spacial score (nSPS) is 11.6. The van der Waals surface area contributed by atoms with Crippen LogP contribution in [0.5, 0.6) is 0 Å². The number of anilines is 1. The Morgan fingerprint density at radius 1 is 1.47 bits per heavy atom. The highest BCUT2D eigenvalue weighted by Crippen LogP contribution is 2.09. The van der Waals surface area contributed by atoms with Crippen molar-refractivity contribution >= 4 is 34.6 Å². The number of primary amides is 1. The van der Waals surface area contributed by atoms with Crippen LogP contribution in [0.15, 0.2) is 0 Å². The SMILES string of the molecule is Cc1nsc(NC(=O)N[C@@H](CCC(N)=O)C(=O)O)n1. The lowest BCUT2D eigenvalue weighted by Crippen LogP contribution is -2.43. The molecular formula is C9H13N5O4S. The number of carbonyl (C=O) groups excluding carboxylic acids is 2. The molecule has 0 unspecified atom stereocenters. The van der Waals surface area contributed by atoms with E-state index in [1.165, 1.54) is 0 Å². The Morgan fingerprint density at radius 2 is 2.16 bits per heavy atom. The summed E-state index contributed by atoms with van der Waals surface area (Å²) in [5.41, 5.74) is 4.92. The molecule has 0 aliphatic carbocycles. The number of carboxylic acids is 1. The van der Waals surface area contributed by atoms with Crippen molar-refractivity contribution in [1.82, 2.24) is 14.7 Å². The zero-order valence-electron chi connectivity index (χ0n) is 10.0. The molecule has 5 N–H and O–H groups in total. The Balaban J connectivity index is 2.51. The summed E-state index contributed by atoms with van der Waals surface area (Å²) in [6.07, 6.45) is -0.206. The van der Waals surface area contributed by atoms with Crippen LogP contribution >= 0.6 is 11.5 Å². The fourth-order valence-electron chi connectivity index (χ4n) is 1.18. The van der Waals surface area contributed by atoms with Gasteiger partial charge in [0.05, 0.1) is 0 Å². The van der Waals surface area contributed by atoms with Gasteiger partial charge in [-0.15, -0.1) is 0 Å². The molecule has 104 valence electrons. The van der Waals surface area contributed by atoms with Crippen molar-refractivity contribution in [3.8, 4) is 0 Å². The predicted octanol–water partition coefficient (Wildman–Crippen LogP) is -0.313. The summed E-state index contributed by atoms with van der Waals surface area (Å²) in [4.78, 5) is 36.9. The average Bonchev–Trinajstić information content (AvgIpc) is 2.69. The van der Waals surface area contributed by atoms with Crippen molar-refractivity contribution in [3.63, 3.8) is 0 Å². The summed E-state index contributed by atoms with van der Waals surface area (Å²) in [6.45, 7) is 1.66. The van der Waals surface area contributed by atoms with E-state index >= 15 is 0 Å². The molecule has 1 heterocycles. The molecule has 0 aliphatic rings. The van der Waals surface area contributed by atoms with E-state index < -0.39 is 23.9 Å². The van der Waals surface area contributed by atoms with Crippen LogP contribution in [0, 0.1) is 6.92 Å². The van der Waals surface area contributed by atoms with Crippen molar-refractivity contribution in [2.24, 2.45) is 5.73 Å². The third-order valence-corrected chi connectivity index (χ3v) is 2.75. The number of nitrogens with zero attached hydrogens (tertiary/aromatic N) is 2. The van der Waals surface area contributed by atoms with E-state index in [9.17, 15) is 14.4 Å².